The normalized spacial score (nSPS) is 41.9. The minimum Gasteiger partial charge on any atom is -0.469 e. The smallest absolute Gasteiger partial charge is 0.339 e. The SMILES string of the molecule is COC(=O)[C@H]1O[C@@H](O[C@H]2[C@H](O[C@H]3CC[C@@]4(C)C(CC[C@]5(C)C4C(=O)C=C4C6C[C@@](C)(C(=O)OC)CC[C@]6(C)CC[C@]45C)C3(C)C)O[C@H](COC(C)=O)[C@H](OC(C)=O)[C@@H]2OC(C)=O)[C@H](OC(C)=O)[C@@H](OC(C)=O)[C@@H]1OC(C)=O. The van der Waals surface area contributed by atoms with Gasteiger partial charge in [0.15, 0.2) is 54.8 Å². The van der Waals surface area contributed by atoms with Gasteiger partial charge >= 0.3 is 47.8 Å². The van der Waals surface area contributed by atoms with E-state index in [0.717, 1.165) is 92.8 Å². The van der Waals surface area contributed by atoms with Crippen LogP contribution < -0.4 is 0 Å². The Labute approximate surface area is 450 Å². The predicted molar refractivity (Wildman–Crippen MR) is 265 cm³/mol. The molecule has 6 fully saturated rings. The molecular formula is C56H80O21. The second-order valence-corrected chi connectivity index (χ2v) is 24.5. The number of carbonyl (C=O) groups is 9. The third-order valence-corrected chi connectivity index (χ3v) is 19.3. The van der Waals surface area contributed by atoms with E-state index in [0.29, 0.717) is 19.3 Å². The molecule has 3 unspecified atom stereocenters. The summed E-state index contributed by atoms with van der Waals surface area (Å²) in [7, 11) is 2.46. The first-order valence-electron chi connectivity index (χ1n) is 26.8. The van der Waals surface area contributed by atoms with Crippen LogP contribution in [-0.2, 0) is 100.0 Å². The van der Waals surface area contributed by atoms with E-state index in [4.69, 9.17) is 56.8 Å². The van der Waals surface area contributed by atoms with Crippen molar-refractivity contribution in [2.75, 3.05) is 20.8 Å². The van der Waals surface area contributed by atoms with Gasteiger partial charge < -0.3 is 56.8 Å². The van der Waals surface area contributed by atoms with Crippen LogP contribution in [0.5, 0.6) is 0 Å². The summed E-state index contributed by atoms with van der Waals surface area (Å²) in [5.41, 5.74) is -1.67. The van der Waals surface area contributed by atoms with Gasteiger partial charge in [-0.15, -0.1) is 0 Å². The lowest BCUT2D eigenvalue weighted by Crippen LogP contribution is -2.69. The van der Waals surface area contributed by atoms with Crippen molar-refractivity contribution < 1.29 is 100.0 Å². The Morgan fingerprint density at radius 2 is 1.13 bits per heavy atom. The number of rotatable bonds is 13. The average Bonchev–Trinajstić information content (AvgIpc) is 3.36. The molecule has 2 saturated heterocycles. The first-order valence-corrected chi connectivity index (χ1v) is 26.8. The predicted octanol–water partition coefficient (Wildman–Crippen LogP) is 5.75. The second-order valence-electron chi connectivity index (χ2n) is 24.5. The maximum atomic E-state index is 15.3. The number of ether oxygens (including phenoxy) is 12. The number of fused-ring (bicyclic) bond motifs is 7. The van der Waals surface area contributed by atoms with Crippen molar-refractivity contribution in [2.24, 2.45) is 50.2 Å². The maximum Gasteiger partial charge on any atom is 0.339 e. The Morgan fingerprint density at radius 1 is 0.584 bits per heavy atom. The Hall–Kier alpha value is -4.99. The highest BCUT2D eigenvalue weighted by Gasteiger charge is 2.71. The molecule has 0 aromatic carbocycles. The molecule has 21 heteroatoms. The van der Waals surface area contributed by atoms with Crippen molar-refractivity contribution in [3.8, 4) is 0 Å². The molecule has 0 amide bonds. The molecule has 5 aliphatic carbocycles. The summed E-state index contributed by atoms with van der Waals surface area (Å²) in [6.07, 6.45) is -9.51. The van der Waals surface area contributed by atoms with Gasteiger partial charge in [0.1, 0.15) is 12.7 Å². The molecule has 430 valence electrons. The zero-order valence-corrected chi connectivity index (χ0v) is 47.3. The van der Waals surface area contributed by atoms with E-state index in [2.05, 4.69) is 41.5 Å². The highest BCUT2D eigenvalue weighted by molar-refractivity contribution is 5.96. The van der Waals surface area contributed by atoms with Crippen LogP contribution in [0.25, 0.3) is 0 Å². The van der Waals surface area contributed by atoms with Crippen LogP contribution in [0.3, 0.4) is 0 Å². The Kier molecular flexibility index (Phi) is 17.0. The summed E-state index contributed by atoms with van der Waals surface area (Å²) >= 11 is 0. The monoisotopic (exact) mass is 1090 g/mol. The van der Waals surface area contributed by atoms with Crippen LogP contribution in [0.1, 0.15) is 148 Å². The van der Waals surface area contributed by atoms with Gasteiger partial charge in [0.25, 0.3) is 0 Å². The summed E-state index contributed by atoms with van der Waals surface area (Å²) in [6.45, 7) is 21.2. The molecule has 7 rings (SSSR count). The van der Waals surface area contributed by atoms with Gasteiger partial charge in [-0.2, -0.15) is 0 Å². The standard InChI is InChI=1S/C56H80O21/c1-27(57)68-26-36-39(69-28(2)58)40(70-29(3)59)45(77-49-44(73-32(6)62)42(72-31(5)61)41(71-30(4)60)43(76-49)47(64)66-14)48(74-36)75-38-17-18-54(11)37(51(38,7)8)16-19-56(13)46(54)35(63)24-33-34-25-53(10,50(65)67-15)21-20-52(34,9)22-23-55(33,56)12/h24,34,36-46,48-49H,16-23,25-26H2,1-15H3/t34?,36-,37?,38+,39+,40+,41+,42+,43+,44-,45-,46?,48+,49+,52-,53+,54+,55-,56-/m1/s1. The molecule has 0 bridgehead atoms. The third kappa shape index (κ3) is 10.9. The number of hydrogen-bond donors (Lipinski definition) is 0. The van der Waals surface area contributed by atoms with E-state index in [1.165, 1.54) is 7.11 Å². The summed E-state index contributed by atoms with van der Waals surface area (Å²) in [6, 6.07) is 0. The van der Waals surface area contributed by atoms with Gasteiger partial charge in [-0.1, -0.05) is 47.1 Å². The van der Waals surface area contributed by atoms with E-state index >= 15 is 4.79 Å². The fraction of sp³-hybridized carbons (Fsp3) is 0.804. The minimum absolute atomic E-state index is 0.0241. The van der Waals surface area contributed by atoms with Gasteiger partial charge in [-0.3, -0.25) is 38.4 Å². The molecule has 21 nitrogen and oxygen atoms in total. The molecule has 0 radical (unpaired) electrons. The van der Waals surface area contributed by atoms with Gasteiger partial charge in [0.2, 0.25) is 6.29 Å². The summed E-state index contributed by atoms with van der Waals surface area (Å²) < 4.78 is 70.8. The van der Waals surface area contributed by atoms with Crippen molar-refractivity contribution in [1.29, 1.82) is 0 Å². The molecule has 7 aliphatic rings. The van der Waals surface area contributed by atoms with Crippen LogP contribution in [0.2, 0.25) is 0 Å². The number of allylic oxidation sites excluding steroid dienone is 2. The molecule has 0 spiro atoms. The van der Waals surface area contributed by atoms with Gasteiger partial charge in [0.05, 0.1) is 25.7 Å². The lowest BCUT2D eigenvalue weighted by molar-refractivity contribution is -0.376. The summed E-state index contributed by atoms with van der Waals surface area (Å²) in [4.78, 5) is 119. The fourth-order valence-corrected chi connectivity index (χ4v) is 15.5. The molecule has 2 heterocycles. The molecule has 0 N–H and O–H groups in total. The van der Waals surface area contributed by atoms with Crippen molar-refractivity contribution in [3.63, 3.8) is 0 Å². The molecule has 2 aliphatic heterocycles. The van der Waals surface area contributed by atoms with E-state index in [1.807, 2.05) is 13.0 Å². The summed E-state index contributed by atoms with van der Waals surface area (Å²) in [5, 5.41) is 0. The number of carbonyl (C=O) groups excluding carboxylic acids is 9. The van der Waals surface area contributed by atoms with Crippen molar-refractivity contribution in [2.45, 2.75) is 215 Å². The zero-order valence-electron chi connectivity index (χ0n) is 47.3. The number of ketones is 1. The second kappa shape index (κ2) is 21.9. The molecule has 19 atom stereocenters. The average molecular weight is 1090 g/mol. The number of methoxy groups -OCH3 is 2. The van der Waals surface area contributed by atoms with Crippen molar-refractivity contribution in [3.05, 3.63) is 11.6 Å². The summed E-state index contributed by atoms with van der Waals surface area (Å²) in [5.74, 6) is -7.02. The molecule has 0 aromatic rings. The first-order chi connectivity index (χ1) is 35.8. The highest BCUT2D eigenvalue weighted by Crippen LogP contribution is 2.75. The van der Waals surface area contributed by atoms with Crippen LogP contribution in [0.4, 0.5) is 0 Å². The topological polar surface area (TPSA) is 264 Å². The molecule has 77 heavy (non-hydrogen) atoms. The Morgan fingerprint density at radius 3 is 1.70 bits per heavy atom. The first kappa shape index (κ1) is 59.7. The highest BCUT2D eigenvalue weighted by atomic mass is 16.8. The van der Waals surface area contributed by atoms with Crippen LogP contribution in [-0.4, -0.2) is 142 Å². The van der Waals surface area contributed by atoms with Crippen molar-refractivity contribution in [1.82, 2.24) is 0 Å². The fourth-order valence-electron chi connectivity index (χ4n) is 15.5. The van der Waals surface area contributed by atoms with E-state index in [1.54, 1.807) is 0 Å². The number of hydrogen-bond acceptors (Lipinski definition) is 21. The van der Waals surface area contributed by atoms with Crippen LogP contribution >= 0.6 is 0 Å². The van der Waals surface area contributed by atoms with Crippen LogP contribution in [0, 0.1) is 50.2 Å². The van der Waals surface area contributed by atoms with E-state index in [-0.39, 0.29) is 40.3 Å². The van der Waals surface area contributed by atoms with E-state index < -0.39 is 138 Å². The van der Waals surface area contributed by atoms with Gasteiger partial charge in [-0.25, -0.2) is 4.79 Å². The number of esters is 8. The van der Waals surface area contributed by atoms with Crippen molar-refractivity contribution >= 4 is 53.5 Å². The lowest BCUT2D eigenvalue weighted by atomic mass is 9.33. The third-order valence-electron chi connectivity index (χ3n) is 19.3. The minimum atomic E-state index is -1.96. The molecular weight excluding hydrogens is 1010 g/mol. The van der Waals surface area contributed by atoms with E-state index in [9.17, 15) is 38.4 Å². The largest absolute Gasteiger partial charge is 0.469 e. The maximum absolute atomic E-state index is 15.3. The lowest BCUT2D eigenvalue weighted by Gasteiger charge is -2.70. The van der Waals surface area contributed by atoms with Gasteiger partial charge in [-0.05, 0) is 110 Å². The van der Waals surface area contributed by atoms with Crippen LogP contribution in [0.15, 0.2) is 11.6 Å². The zero-order chi connectivity index (χ0) is 57.1. The Bertz CT molecular complexity index is 2400. The van der Waals surface area contributed by atoms with Gasteiger partial charge in [0, 0.05) is 47.5 Å². The molecule has 4 saturated carbocycles. The Balaban J connectivity index is 1.28. The molecule has 0 aromatic heterocycles. The quantitative estimate of drug-likeness (QED) is 0.121.